The van der Waals surface area contributed by atoms with Gasteiger partial charge in [0.1, 0.15) is 5.82 Å². The van der Waals surface area contributed by atoms with Crippen LogP contribution in [0, 0.1) is 0 Å². The molecule has 0 bridgehead atoms. The summed E-state index contributed by atoms with van der Waals surface area (Å²) in [6, 6.07) is 9.52. The summed E-state index contributed by atoms with van der Waals surface area (Å²) in [6.07, 6.45) is 1.14. The first-order chi connectivity index (χ1) is 9.54. The maximum Gasteiger partial charge on any atom is 0.124 e. The van der Waals surface area contributed by atoms with E-state index in [0.717, 1.165) is 25.0 Å². The number of imidazole rings is 1. The summed E-state index contributed by atoms with van der Waals surface area (Å²) in [5.41, 5.74) is 2.38. The molecule has 1 aromatic carbocycles. The van der Waals surface area contributed by atoms with Crippen molar-refractivity contribution in [2.45, 2.75) is 66.2 Å². The molecule has 118 valence electrons. The summed E-state index contributed by atoms with van der Waals surface area (Å²) in [5.74, 6) is 1.19. The maximum atomic E-state index is 4.86. The maximum absolute atomic E-state index is 4.86. The van der Waals surface area contributed by atoms with Gasteiger partial charge < -0.3 is 4.57 Å². The number of para-hydroxylation sites is 2. The van der Waals surface area contributed by atoms with Gasteiger partial charge >= 0.3 is 0 Å². The molecule has 0 spiro atoms. The average molecular weight is 310 g/mol. The Hall–Kier alpha value is -1.06. The van der Waals surface area contributed by atoms with Gasteiger partial charge in [0.15, 0.2) is 0 Å². The molecular formula is C17H28ClN3. The van der Waals surface area contributed by atoms with Crippen LogP contribution in [0.25, 0.3) is 11.0 Å². The highest BCUT2D eigenvalue weighted by atomic mass is 35.5. The van der Waals surface area contributed by atoms with E-state index in [1.54, 1.807) is 0 Å². The molecule has 1 heterocycles. The fraction of sp³-hybridized carbons (Fsp3) is 0.588. The Bertz CT molecular complexity index is 552. The molecule has 0 saturated carbocycles. The molecule has 4 heteroatoms. The lowest BCUT2D eigenvalue weighted by Crippen LogP contribution is -2.37. The minimum Gasteiger partial charge on any atom is -0.327 e. The quantitative estimate of drug-likeness (QED) is 0.784. The van der Waals surface area contributed by atoms with E-state index in [1.807, 2.05) is 0 Å². The lowest BCUT2D eigenvalue weighted by molar-refractivity contribution is 0.159. The van der Waals surface area contributed by atoms with Crippen molar-refractivity contribution in [3.05, 3.63) is 30.1 Å². The van der Waals surface area contributed by atoms with Gasteiger partial charge in [-0.25, -0.2) is 4.98 Å². The van der Waals surface area contributed by atoms with Crippen LogP contribution in [0.5, 0.6) is 0 Å². The lowest BCUT2D eigenvalue weighted by Gasteiger charge is -2.30. The van der Waals surface area contributed by atoms with E-state index >= 15 is 0 Å². The average Bonchev–Trinajstić information content (AvgIpc) is 2.74. The molecule has 0 aliphatic heterocycles. The van der Waals surface area contributed by atoms with Crippen LogP contribution >= 0.6 is 12.4 Å². The predicted molar refractivity (Wildman–Crippen MR) is 93.1 cm³/mol. The monoisotopic (exact) mass is 309 g/mol. The predicted octanol–water partition coefficient (Wildman–Crippen LogP) is 4.49. The van der Waals surface area contributed by atoms with Crippen molar-refractivity contribution in [1.29, 1.82) is 0 Å². The fourth-order valence-corrected chi connectivity index (χ4v) is 2.84. The molecule has 0 unspecified atom stereocenters. The molecule has 0 amide bonds. The van der Waals surface area contributed by atoms with Gasteiger partial charge in [0.05, 0.1) is 17.6 Å². The van der Waals surface area contributed by atoms with Gasteiger partial charge in [-0.15, -0.1) is 12.4 Å². The zero-order valence-corrected chi connectivity index (χ0v) is 14.7. The van der Waals surface area contributed by atoms with Crippen LogP contribution in [0.2, 0.25) is 0 Å². The highest BCUT2D eigenvalue weighted by Gasteiger charge is 2.18. The Kier molecular flexibility index (Phi) is 6.69. The van der Waals surface area contributed by atoms with Crippen LogP contribution in [-0.2, 0) is 13.1 Å². The van der Waals surface area contributed by atoms with Crippen molar-refractivity contribution < 1.29 is 0 Å². The van der Waals surface area contributed by atoms with Gasteiger partial charge in [-0.3, -0.25) is 4.90 Å². The van der Waals surface area contributed by atoms with Crippen LogP contribution in [0.4, 0.5) is 0 Å². The van der Waals surface area contributed by atoms with Gasteiger partial charge in [0.25, 0.3) is 0 Å². The largest absolute Gasteiger partial charge is 0.327 e. The van der Waals surface area contributed by atoms with E-state index in [4.69, 9.17) is 4.98 Å². The standard InChI is InChI=1S/C17H27N3.ClH/c1-6-11-19-16-10-8-7-9-15(16)18-17(19)12-20(13(2)3)14(4)5;/h7-10,13-14H,6,11-12H2,1-5H3;1H. The Morgan fingerprint density at radius 1 is 1.10 bits per heavy atom. The number of aryl methyl sites for hydroxylation is 1. The Labute approximate surface area is 134 Å². The van der Waals surface area contributed by atoms with E-state index in [-0.39, 0.29) is 12.4 Å². The Balaban J connectivity index is 0.00000220. The van der Waals surface area contributed by atoms with Crippen molar-refractivity contribution in [3.63, 3.8) is 0 Å². The summed E-state index contributed by atoms with van der Waals surface area (Å²) in [5, 5.41) is 0. The zero-order valence-electron chi connectivity index (χ0n) is 13.8. The third kappa shape index (κ3) is 3.98. The first-order valence-corrected chi connectivity index (χ1v) is 7.74. The molecular weight excluding hydrogens is 282 g/mol. The number of benzene rings is 1. The van der Waals surface area contributed by atoms with Crippen LogP contribution < -0.4 is 0 Å². The molecule has 21 heavy (non-hydrogen) atoms. The first-order valence-electron chi connectivity index (χ1n) is 7.74. The van der Waals surface area contributed by atoms with E-state index in [9.17, 15) is 0 Å². The highest BCUT2D eigenvalue weighted by Crippen LogP contribution is 2.19. The second kappa shape index (κ2) is 7.81. The summed E-state index contributed by atoms with van der Waals surface area (Å²) in [7, 11) is 0. The molecule has 0 aliphatic carbocycles. The summed E-state index contributed by atoms with van der Waals surface area (Å²) in [4.78, 5) is 7.35. The van der Waals surface area contributed by atoms with Gasteiger partial charge in [-0.1, -0.05) is 19.1 Å². The summed E-state index contributed by atoms with van der Waals surface area (Å²) in [6.45, 7) is 13.2. The van der Waals surface area contributed by atoms with Crippen molar-refractivity contribution in [2.75, 3.05) is 0 Å². The first kappa shape index (κ1) is 18.0. The van der Waals surface area contributed by atoms with Crippen molar-refractivity contribution in [3.8, 4) is 0 Å². The fourth-order valence-electron chi connectivity index (χ4n) is 2.84. The van der Waals surface area contributed by atoms with Gasteiger partial charge in [0.2, 0.25) is 0 Å². The van der Waals surface area contributed by atoms with Crippen molar-refractivity contribution >= 4 is 23.4 Å². The number of rotatable bonds is 6. The molecule has 0 radical (unpaired) electrons. The third-order valence-corrected chi connectivity index (χ3v) is 3.83. The molecule has 1 aromatic heterocycles. The van der Waals surface area contributed by atoms with Crippen molar-refractivity contribution in [1.82, 2.24) is 14.5 Å². The molecule has 2 aromatic rings. The van der Waals surface area contributed by atoms with E-state index < -0.39 is 0 Å². The summed E-state index contributed by atoms with van der Waals surface area (Å²) >= 11 is 0. The molecule has 0 N–H and O–H groups in total. The smallest absolute Gasteiger partial charge is 0.124 e. The minimum atomic E-state index is 0. The molecule has 3 nitrogen and oxygen atoms in total. The number of hydrogen-bond donors (Lipinski definition) is 0. The number of nitrogens with zero attached hydrogens (tertiary/aromatic N) is 3. The number of aromatic nitrogens is 2. The Morgan fingerprint density at radius 2 is 1.71 bits per heavy atom. The Morgan fingerprint density at radius 3 is 2.29 bits per heavy atom. The summed E-state index contributed by atoms with van der Waals surface area (Å²) < 4.78 is 2.38. The van der Waals surface area contributed by atoms with Crippen LogP contribution in [0.3, 0.4) is 0 Å². The molecule has 0 atom stereocenters. The molecule has 2 rings (SSSR count). The highest BCUT2D eigenvalue weighted by molar-refractivity contribution is 5.85. The van der Waals surface area contributed by atoms with Crippen LogP contribution in [0.1, 0.15) is 46.9 Å². The van der Waals surface area contributed by atoms with Gasteiger partial charge in [-0.2, -0.15) is 0 Å². The van der Waals surface area contributed by atoms with Crippen LogP contribution in [0.15, 0.2) is 24.3 Å². The molecule has 0 fully saturated rings. The lowest BCUT2D eigenvalue weighted by atomic mass is 10.2. The third-order valence-electron chi connectivity index (χ3n) is 3.83. The van der Waals surface area contributed by atoms with Crippen molar-refractivity contribution in [2.24, 2.45) is 0 Å². The minimum absolute atomic E-state index is 0. The van der Waals surface area contributed by atoms with E-state index in [2.05, 4.69) is 68.4 Å². The SMILES string of the molecule is CCCn1c(CN(C(C)C)C(C)C)nc2ccccc21.Cl. The normalized spacial score (nSPS) is 11.6. The second-order valence-corrected chi connectivity index (χ2v) is 6.03. The number of halogens is 1. The van der Waals surface area contributed by atoms with Gasteiger partial charge in [-0.05, 0) is 46.2 Å². The number of fused-ring (bicyclic) bond motifs is 1. The second-order valence-electron chi connectivity index (χ2n) is 6.03. The van der Waals surface area contributed by atoms with Crippen LogP contribution in [-0.4, -0.2) is 26.5 Å². The van der Waals surface area contributed by atoms with E-state index in [1.165, 1.54) is 11.3 Å². The molecule has 0 saturated heterocycles. The van der Waals surface area contributed by atoms with Gasteiger partial charge in [0, 0.05) is 18.6 Å². The van der Waals surface area contributed by atoms with E-state index in [0.29, 0.717) is 12.1 Å². The molecule has 0 aliphatic rings. The number of hydrogen-bond acceptors (Lipinski definition) is 2. The topological polar surface area (TPSA) is 21.1 Å². The zero-order chi connectivity index (χ0) is 14.7.